The molecule has 0 N–H and O–H groups in total. The van der Waals surface area contributed by atoms with Crippen molar-refractivity contribution in [1.82, 2.24) is 9.97 Å². The van der Waals surface area contributed by atoms with E-state index in [-0.39, 0.29) is 5.97 Å². The highest BCUT2D eigenvalue weighted by molar-refractivity contribution is 5.89. The molecule has 2 aromatic rings. The molecule has 0 bridgehead atoms. The molecular weight excluding hydrogens is 216 g/mol. The minimum atomic E-state index is -0.312. The Hall–Kier alpha value is -2.23. The van der Waals surface area contributed by atoms with Gasteiger partial charge in [0.05, 0.1) is 12.2 Å². The molecule has 1 aromatic heterocycles. The molecule has 0 amide bonds. The molecule has 0 radical (unpaired) electrons. The van der Waals surface area contributed by atoms with Crippen molar-refractivity contribution in [3.63, 3.8) is 0 Å². The molecule has 0 saturated carbocycles. The maximum absolute atomic E-state index is 11.4. The summed E-state index contributed by atoms with van der Waals surface area (Å²) in [6.45, 7) is 2.16. The first-order valence-corrected chi connectivity index (χ1v) is 5.36. The van der Waals surface area contributed by atoms with Gasteiger partial charge in [-0.15, -0.1) is 0 Å². The highest BCUT2D eigenvalue weighted by Gasteiger charge is 2.06. The van der Waals surface area contributed by atoms with Gasteiger partial charge >= 0.3 is 5.97 Å². The summed E-state index contributed by atoms with van der Waals surface area (Å²) in [7, 11) is 0. The predicted octanol–water partition coefficient (Wildman–Crippen LogP) is 2.32. The topological polar surface area (TPSA) is 52.1 Å². The fourth-order valence-corrected chi connectivity index (χ4v) is 1.42. The van der Waals surface area contributed by atoms with E-state index in [0.717, 1.165) is 5.56 Å². The van der Waals surface area contributed by atoms with Gasteiger partial charge in [0, 0.05) is 18.0 Å². The molecule has 17 heavy (non-hydrogen) atoms. The molecule has 0 fully saturated rings. The Morgan fingerprint density at radius 1 is 1.18 bits per heavy atom. The van der Waals surface area contributed by atoms with Crippen LogP contribution in [0.3, 0.4) is 0 Å². The molecule has 0 aliphatic rings. The maximum atomic E-state index is 11.4. The van der Waals surface area contributed by atoms with Crippen LogP contribution in [-0.2, 0) is 4.74 Å². The zero-order valence-electron chi connectivity index (χ0n) is 9.46. The van der Waals surface area contributed by atoms with Crippen molar-refractivity contribution in [3.8, 4) is 11.4 Å². The van der Waals surface area contributed by atoms with Crippen LogP contribution in [0.15, 0.2) is 42.7 Å². The van der Waals surface area contributed by atoms with E-state index in [0.29, 0.717) is 18.0 Å². The van der Waals surface area contributed by atoms with E-state index in [2.05, 4.69) is 9.97 Å². The average molecular weight is 228 g/mol. The van der Waals surface area contributed by atoms with Crippen LogP contribution in [0.4, 0.5) is 0 Å². The Kier molecular flexibility index (Phi) is 3.45. The first-order valence-electron chi connectivity index (χ1n) is 5.36. The van der Waals surface area contributed by atoms with Crippen LogP contribution < -0.4 is 0 Å². The minimum absolute atomic E-state index is 0.312. The maximum Gasteiger partial charge on any atom is 0.338 e. The molecule has 2 rings (SSSR count). The second-order valence-electron chi connectivity index (χ2n) is 3.37. The summed E-state index contributed by atoms with van der Waals surface area (Å²) < 4.78 is 4.90. The summed E-state index contributed by atoms with van der Waals surface area (Å²) in [5.74, 6) is 0.330. The molecular formula is C13H12N2O2. The molecule has 0 aliphatic heterocycles. The number of ether oxygens (including phenoxy) is 1. The van der Waals surface area contributed by atoms with Crippen LogP contribution in [0.2, 0.25) is 0 Å². The fraction of sp³-hybridized carbons (Fsp3) is 0.154. The molecule has 86 valence electrons. The Morgan fingerprint density at radius 2 is 1.82 bits per heavy atom. The second kappa shape index (κ2) is 5.21. The van der Waals surface area contributed by atoms with Crippen LogP contribution in [0.5, 0.6) is 0 Å². The largest absolute Gasteiger partial charge is 0.462 e. The number of hydrogen-bond acceptors (Lipinski definition) is 4. The number of nitrogens with zero attached hydrogens (tertiary/aromatic N) is 2. The highest BCUT2D eigenvalue weighted by atomic mass is 16.5. The molecule has 4 heteroatoms. The van der Waals surface area contributed by atoms with Crippen LogP contribution >= 0.6 is 0 Å². The van der Waals surface area contributed by atoms with Gasteiger partial charge in [-0.1, -0.05) is 12.1 Å². The van der Waals surface area contributed by atoms with Gasteiger partial charge in [-0.3, -0.25) is 0 Å². The molecule has 0 unspecified atom stereocenters. The van der Waals surface area contributed by atoms with E-state index in [1.54, 1.807) is 37.5 Å². The van der Waals surface area contributed by atoms with Gasteiger partial charge in [0.1, 0.15) is 0 Å². The number of carbonyl (C=O) groups is 1. The Morgan fingerprint density at radius 3 is 2.41 bits per heavy atom. The van der Waals surface area contributed by atoms with Crippen LogP contribution in [-0.4, -0.2) is 22.5 Å². The lowest BCUT2D eigenvalue weighted by Gasteiger charge is -2.03. The summed E-state index contributed by atoms with van der Waals surface area (Å²) in [6, 6.07) is 8.80. The number of rotatable bonds is 3. The summed E-state index contributed by atoms with van der Waals surface area (Å²) in [4.78, 5) is 19.7. The van der Waals surface area contributed by atoms with E-state index < -0.39 is 0 Å². The molecule has 1 heterocycles. The Labute approximate surface area is 99.3 Å². The average Bonchev–Trinajstić information content (AvgIpc) is 2.40. The van der Waals surface area contributed by atoms with E-state index in [1.165, 1.54) is 0 Å². The lowest BCUT2D eigenvalue weighted by molar-refractivity contribution is 0.0526. The standard InChI is InChI=1S/C13H12N2O2/c1-2-17-13(16)11-6-4-10(5-7-11)12-14-8-3-9-15-12/h3-9H,2H2,1H3. The molecule has 0 saturated heterocycles. The molecule has 0 aliphatic carbocycles. The van der Waals surface area contributed by atoms with Crippen LogP contribution in [0.1, 0.15) is 17.3 Å². The third kappa shape index (κ3) is 2.66. The molecule has 0 atom stereocenters. The summed E-state index contributed by atoms with van der Waals surface area (Å²) in [6.07, 6.45) is 3.36. The summed E-state index contributed by atoms with van der Waals surface area (Å²) in [5.41, 5.74) is 1.41. The Balaban J connectivity index is 2.22. The lowest BCUT2D eigenvalue weighted by atomic mass is 10.1. The third-order valence-corrected chi connectivity index (χ3v) is 2.22. The smallest absolute Gasteiger partial charge is 0.338 e. The predicted molar refractivity (Wildman–Crippen MR) is 63.4 cm³/mol. The third-order valence-electron chi connectivity index (χ3n) is 2.22. The normalized spacial score (nSPS) is 9.94. The van der Waals surface area contributed by atoms with Gasteiger partial charge in [-0.05, 0) is 25.1 Å². The summed E-state index contributed by atoms with van der Waals surface area (Å²) in [5, 5.41) is 0. The van der Waals surface area contributed by atoms with E-state index in [4.69, 9.17) is 4.74 Å². The highest BCUT2D eigenvalue weighted by Crippen LogP contribution is 2.15. The summed E-state index contributed by atoms with van der Waals surface area (Å²) >= 11 is 0. The number of hydrogen-bond donors (Lipinski definition) is 0. The van der Waals surface area contributed by atoms with Crippen molar-refractivity contribution in [3.05, 3.63) is 48.3 Å². The monoisotopic (exact) mass is 228 g/mol. The fourth-order valence-electron chi connectivity index (χ4n) is 1.42. The van der Waals surface area contributed by atoms with Crippen molar-refractivity contribution in [2.24, 2.45) is 0 Å². The van der Waals surface area contributed by atoms with Crippen LogP contribution in [0, 0.1) is 0 Å². The van der Waals surface area contributed by atoms with E-state index >= 15 is 0 Å². The zero-order chi connectivity index (χ0) is 12.1. The van der Waals surface area contributed by atoms with E-state index in [1.807, 2.05) is 12.1 Å². The number of esters is 1. The number of benzene rings is 1. The van der Waals surface area contributed by atoms with Gasteiger partial charge in [-0.25, -0.2) is 14.8 Å². The second-order valence-corrected chi connectivity index (χ2v) is 3.37. The Bertz CT molecular complexity index is 495. The van der Waals surface area contributed by atoms with Crippen LogP contribution in [0.25, 0.3) is 11.4 Å². The van der Waals surface area contributed by atoms with Gasteiger partial charge in [-0.2, -0.15) is 0 Å². The van der Waals surface area contributed by atoms with Gasteiger partial charge in [0.25, 0.3) is 0 Å². The van der Waals surface area contributed by atoms with Gasteiger partial charge in [0.15, 0.2) is 5.82 Å². The molecule has 0 spiro atoms. The van der Waals surface area contributed by atoms with Gasteiger partial charge < -0.3 is 4.74 Å². The lowest BCUT2D eigenvalue weighted by Crippen LogP contribution is -2.04. The number of aromatic nitrogens is 2. The van der Waals surface area contributed by atoms with Crippen molar-refractivity contribution >= 4 is 5.97 Å². The van der Waals surface area contributed by atoms with Crippen molar-refractivity contribution < 1.29 is 9.53 Å². The minimum Gasteiger partial charge on any atom is -0.462 e. The molecule has 4 nitrogen and oxygen atoms in total. The van der Waals surface area contributed by atoms with Crippen molar-refractivity contribution in [2.45, 2.75) is 6.92 Å². The van der Waals surface area contributed by atoms with E-state index in [9.17, 15) is 4.79 Å². The SMILES string of the molecule is CCOC(=O)c1ccc(-c2ncccn2)cc1. The quantitative estimate of drug-likeness (QED) is 0.756. The van der Waals surface area contributed by atoms with Gasteiger partial charge in [0.2, 0.25) is 0 Å². The number of carbonyl (C=O) groups excluding carboxylic acids is 1. The van der Waals surface area contributed by atoms with Crippen molar-refractivity contribution in [2.75, 3.05) is 6.61 Å². The zero-order valence-corrected chi connectivity index (χ0v) is 9.46. The first-order chi connectivity index (χ1) is 8.31. The molecule has 1 aromatic carbocycles. The van der Waals surface area contributed by atoms with Crippen molar-refractivity contribution in [1.29, 1.82) is 0 Å². The first kappa shape index (κ1) is 11.3.